The third kappa shape index (κ3) is 4.37. The van der Waals surface area contributed by atoms with Crippen molar-refractivity contribution in [1.29, 1.82) is 0 Å². The van der Waals surface area contributed by atoms with Crippen LogP contribution in [0.15, 0.2) is 0 Å². The second-order valence-electron chi connectivity index (χ2n) is 7.81. The number of nitrogens with one attached hydrogen (secondary N) is 2. The molecule has 0 bridgehead atoms. The highest BCUT2D eigenvalue weighted by molar-refractivity contribution is 5.68. The number of ether oxygens (including phenoxy) is 1. The first-order chi connectivity index (χ1) is 8.66. The Morgan fingerprint density at radius 3 is 2.32 bits per heavy atom. The van der Waals surface area contributed by atoms with E-state index in [1.54, 1.807) is 0 Å². The number of carbonyl (C=O) groups is 1. The molecule has 2 rings (SSSR count). The Morgan fingerprint density at radius 2 is 1.84 bits per heavy atom. The van der Waals surface area contributed by atoms with Gasteiger partial charge < -0.3 is 15.4 Å². The highest BCUT2D eigenvalue weighted by atomic mass is 16.6. The van der Waals surface area contributed by atoms with E-state index in [4.69, 9.17) is 4.74 Å². The van der Waals surface area contributed by atoms with Crippen LogP contribution in [0.5, 0.6) is 0 Å². The van der Waals surface area contributed by atoms with E-state index >= 15 is 0 Å². The normalized spacial score (nSPS) is 32.4. The molecule has 0 aromatic carbocycles. The molecule has 19 heavy (non-hydrogen) atoms. The zero-order chi connectivity index (χ0) is 14.3. The first-order valence-electron chi connectivity index (χ1n) is 7.38. The van der Waals surface area contributed by atoms with Gasteiger partial charge in [0.15, 0.2) is 0 Å². The molecule has 4 nitrogen and oxygen atoms in total. The predicted molar refractivity (Wildman–Crippen MR) is 76.1 cm³/mol. The highest BCUT2D eigenvalue weighted by Crippen LogP contribution is 2.51. The summed E-state index contributed by atoms with van der Waals surface area (Å²) in [6, 6.07) is 0.843. The predicted octanol–water partition coefficient (Wildman–Crippen LogP) is 2.68. The van der Waals surface area contributed by atoms with Gasteiger partial charge in [0.05, 0.1) is 0 Å². The molecular formula is C15H28N2O2. The molecule has 0 heterocycles. The van der Waals surface area contributed by atoms with Crippen LogP contribution in [0.25, 0.3) is 0 Å². The van der Waals surface area contributed by atoms with Crippen LogP contribution in [0.2, 0.25) is 0 Å². The Bertz CT molecular complexity index is 341. The summed E-state index contributed by atoms with van der Waals surface area (Å²) in [4.78, 5) is 11.6. The highest BCUT2D eigenvalue weighted by Gasteiger charge is 2.45. The van der Waals surface area contributed by atoms with Crippen LogP contribution >= 0.6 is 0 Å². The summed E-state index contributed by atoms with van der Waals surface area (Å²) < 4.78 is 5.24. The summed E-state index contributed by atoms with van der Waals surface area (Å²) in [7, 11) is 0. The van der Waals surface area contributed by atoms with Crippen molar-refractivity contribution in [3.8, 4) is 0 Å². The zero-order valence-electron chi connectivity index (χ0n) is 12.9. The lowest BCUT2D eigenvalue weighted by Gasteiger charge is -2.37. The summed E-state index contributed by atoms with van der Waals surface area (Å²) in [6.07, 6.45) is 3.09. The van der Waals surface area contributed by atoms with Gasteiger partial charge in [-0.1, -0.05) is 13.8 Å². The second kappa shape index (κ2) is 4.97. The van der Waals surface area contributed by atoms with E-state index in [1.165, 1.54) is 6.42 Å². The van der Waals surface area contributed by atoms with Gasteiger partial charge in [0.1, 0.15) is 5.60 Å². The van der Waals surface area contributed by atoms with Gasteiger partial charge in [0.2, 0.25) is 0 Å². The van der Waals surface area contributed by atoms with E-state index in [-0.39, 0.29) is 12.1 Å². The molecule has 110 valence electrons. The summed E-state index contributed by atoms with van der Waals surface area (Å²) in [5, 5.41) is 6.52. The van der Waals surface area contributed by atoms with Crippen molar-refractivity contribution < 1.29 is 9.53 Å². The van der Waals surface area contributed by atoms with Crippen LogP contribution in [0.4, 0.5) is 4.79 Å². The maximum atomic E-state index is 11.6. The standard InChI is InChI=1S/C15H28N2O2/c1-14(2,3)19-13(18)17-12-6-11(7-12)16-9-10-8-15(10,4)5/h10-12,16H,6-9H2,1-5H3,(H,17,18). The maximum absolute atomic E-state index is 11.6. The second-order valence-corrected chi connectivity index (χ2v) is 7.81. The molecule has 2 aliphatic rings. The van der Waals surface area contributed by atoms with E-state index in [2.05, 4.69) is 24.5 Å². The van der Waals surface area contributed by atoms with Gasteiger partial charge in [-0.3, -0.25) is 0 Å². The average Bonchev–Trinajstić information content (AvgIpc) is 2.74. The SMILES string of the molecule is CC(C)(C)OC(=O)NC1CC(NCC2CC2(C)C)C1. The molecule has 2 saturated carbocycles. The van der Waals surface area contributed by atoms with E-state index in [9.17, 15) is 4.79 Å². The van der Waals surface area contributed by atoms with E-state index in [0.29, 0.717) is 11.5 Å². The molecule has 0 saturated heterocycles. The molecule has 1 unspecified atom stereocenters. The van der Waals surface area contributed by atoms with E-state index in [0.717, 1.165) is 25.3 Å². The number of carbonyl (C=O) groups excluding carboxylic acids is 1. The lowest BCUT2D eigenvalue weighted by Crippen LogP contribution is -2.53. The number of amides is 1. The molecule has 4 heteroatoms. The molecule has 1 amide bonds. The number of alkyl carbamates (subject to hydrolysis) is 1. The molecule has 0 spiro atoms. The van der Waals surface area contributed by atoms with Crippen LogP contribution in [0.3, 0.4) is 0 Å². The minimum absolute atomic E-state index is 0.277. The Hall–Kier alpha value is -0.770. The number of hydrogen-bond acceptors (Lipinski definition) is 3. The Morgan fingerprint density at radius 1 is 1.26 bits per heavy atom. The Balaban J connectivity index is 1.55. The first kappa shape index (κ1) is 14.6. The Kier molecular flexibility index (Phi) is 3.83. The van der Waals surface area contributed by atoms with Crippen LogP contribution in [0.1, 0.15) is 53.9 Å². The van der Waals surface area contributed by atoms with Gasteiger partial charge in [-0.2, -0.15) is 0 Å². The zero-order valence-corrected chi connectivity index (χ0v) is 12.9. The van der Waals surface area contributed by atoms with Crippen LogP contribution in [-0.4, -0.2) is 30.3 Å². The quantitative estimate of drug-likeness (QED) is 0.824. The van der Waals surface area contributed by atoms with Gasteiger partial charge in [0, 0.05) is 12.1 Å². The summed E-state index contributed by atoms with van der Waals surface area (Å²) in [5.41, 5.74) is 0.133. The van der Waals surface area contributed by atoms with Gasteiger partial charge in [-0.25, -0.2) is 4.79 Å². The summed E-state index contributed by atoms with van der Waals surface area (Å²) in [5.74, 6) is 0.838. The van der Waals surface area contributed by atoms with Gasteiger partial charge in [-0.15, -0.1) is 0 Å². The molecular weight excluding hydrogens is 240 g/mol. The van der Waals surface area contributed by atoms with Gasteiger partial charge in [0.25, 0.3) is 0 Å². The summed E-state index contributed by atoms with van der Waals surface area (Å²) >= 11 is 0. The van der Waals surface area contributed by atoms with Gasteiger partial charge in [-0.05, 0) is 57.9 Å². The third-order valence-electron chi connectivity index (χ3n) is 4.23. The van der Waals surface area contributed by atoms with E-state index < -0.39 is 5.60 Å². The monoisotopic (exact) mass is 268 g/mol. The fraction of sp³-hybridized carbons (Fsp3) is 0.933. The number of hydrogen-bond donors (Lipinski definition) is 2. The topological polar surface area (TPSA) is 50.4 Å². The van der Waals surface area contributed by atoms with Crippen molar-refractivity contribution in [3.05, 3.63) is 0 Å². The van der Waals surface area contributed by atoms with Crippen molar-refractivity contribution in [1.82, 2.24) is 10.6 Å². The molecule has 0 aromatic rings. The van der Waals surface area contributed by atoms with Crippen molar-refractivity contribution in [2.24, 2.45) is 11.3 Å². The lowest BCUT2D eigenvalue weighted by molar-refractivity contribution is 0.0465. The average molecular weight is 268 g/mol. The Labute approximate surface area is 116 Å². The van der Waals surface area contributed by atoms with Crippen molar-refractivity contribution in [3.63, 3.8) is 0 Å². The van der Waals surface area contributed by atoms with Crippen molar-refractivity contribution >= 4 is 6.09 Å². The van der Waals surface area contributed by atoms with Crippen LogP contribution in [0, 0.1) is 11.3 Å². The fourth-order valence-corrected chi connectivity index (χ4v) is 2.61. The smallest absolute Gasteiger partial charge is 0.407 e. The maximum Gasteiger partial charge on any atom is 0.407 e. The molecule has 0 aromatic heterocycles. The van der Waals surface area contributed by atoms with Crippen LogP contribution < -0.4 is 10.6 Å². The molecule has 0 aliphatic heterocycles. The molecule has 2 N–H and O–H groups in total. The number of rotatable bonds is 4. The minimum Gasteiger partial charge on any atom is -0.444 e. The largest absolute Gasteiger partial charge is 0.444 e. The van der Waals surface area contributed by atoms with Gasteiger partial charge >= 0.3 is 6.09 Å². The molecule has 2 aliphatic carbocycles. The van der Waals surface area contributed by atoms with Crippen molar-refractivity contribution in [2.75, 3.05) is 6.54 Å². The van der Waals surface area contributed by atoms with E-state index in [1.807, 2.05) is 20.8 Å². The summed E-state index contributed by atoms with van der Waals surface area (Å²) in [6.45, 7) is 11.4. The fourth-order valence-electron chi connectivity index (χ4n) is 2.61. The molecule has 2 fully saturated rings. The lowest BCUT2D eigenvalue weighted by atomic mass is 9.86. The minimum atomic E-state index is -0.414. The molecule has 1 atom stereocenters. The third-order valence-corrected chi connectivity index (χ3v) is 4.23. The first-order valence-corrected chi connectivity index (χ1v) is 7.38. The van der Waals surface area contributed by atoms with Crippen molar-refractivity contribution in [2.45, 2.75) is 71.6 Å². The molecule has 0 radical (unpaired) electrons. The van der Waals surface area contributed by atoms with Crippen LogP contribution in [-0.2, 0) is 4.74 Å².